The summed E-state index contributed by atoms with van der Waals surface area (Å²) >= 11 is 3.10. The fraction of sp³-hybridized carbons (Fsp3) is 0.379. The van der Waals surface area contributed by atoms with Crippen molar-refractivity contribution in [1.29, 1.82) is 0 Å². The topological polar surface area (TPSA) is 222 Å². The molecule has 6 aliphatic heterocycles. The minimum absolute atomic E-state index is 0.0422. The Balaban J connectivity index is 0.823. The van der Waals surface area contributed by atoms with Crippen LogP contribution in [-0.2, 0) is 39.8 Å². The fourth-order valence-corrected chi connectivity index (χ4v) is 16.2. The molecule has 10 heterocycles. The van der Waals surface area contributed by atoms with E-state index in [1.807, 2.05) is 0 Å². The van der Waals surface area contributed by atoms with Crippen molar-refractivity contribution in [2.45, 2.75) is 57.5 Å². The van der Waals surface area contributed by atoms with Crippen molar-refractivity contribution in [3.8, 4) is 33.8 Å². The lowest BCUT2D eigenvalue weighted by atomic mass is 9.75. The lowest BCUT2D eigenvalue weighted by Gasteiger charge is -2.50. The predicted octanol–water partition coefficient (Wildman–Crippen LogP) is 8.56. The van der Waals surface area contributed by atoms with Gasteiger partial charge in [-0.3, -0.25) is 18.7 Å². The Hall–Kier alpha value is -8.09. The van der Waals surface area contributed by atoms with Gasteiger partial charge in [0, 0.05) is 120 Å². The molecule has 0 aliphatic carbocycles. The zero-order valence-corrected chi connectivity index (χ0v) is 49.1. The first-order valence-electron chi connectivity index (χ1n) is 27.7. The Morgan fingerprint density at radius 2 is 1.20 bits per heavy atom. The molecule has 4 aromatic heterocycles. The highest BCUT2D eigenvalue weighted by atomic mass is 32.2. The largest absolute Gasteiger partial charge is 0.490 e. The highest BCUT2D eigenvalue weighted by Crippen LogP contribution is 2.55. The Labute approximate surface area is 504 Å². The molecule has 4 saturated heterocycles. The average Bonchev–Trinajstić information content (AvgIpc) is 1.35. The number of rotatable bonds is 7. The van der Waals surface area contributed by atoms with Gasteiger partial charge in [0.2, 0.25) is 5.91 Å². The second-order valence-corrected chi connectivity index (χ2v) is 26.3. The van der Waals surface area contributed by atoms with E-state index in [1.54, 1.807) is 35.4 Å². The molecule has 0 saturated carbocycles. The zero-order valence-electron chi connectivity index (χ0n) is 46.6. The van der Waals surface area contributed by atoms with Gasteiger partial charge in [-0.2, -0.15) is 48.1 Å². The van der Waals surface area contributed by atoms with Crippen molar-refractivity contribution in [2.24, 2.45) is 10.8 Å². The third-order valence-electron chi connectivity index (χ3n) is 17.6. The summed E-state index contributed by atoms with van der Waals surface area (Å²) in [4.78, 5) is 80.7. The van der Waals surface area contributed by atoms with Crippen LogP contribution in [0.3, 0.4) is 0 Å². The van der Waals surface area contributed by atoms with E-state index < -0.39 is 105 Å². The fourth-order valence-electron chi connectivity index (χ4n) is 13.5. The number of alkyl halides is 6. The number of carbonyl (C=O) groups is 2. The number of thioether (sulfide) groups is 1. The van der Waals surface area contributed by atoms with Gasteiger partial charge in [0.15, 0.2) is 21.8 Å². The summed E-state index contributed by atoms with van der Waals surface area (Å²) in [6, 6.07) is 4.59. The highest BCUT2D eigenvalue weighted by molar-refractivity contribution is 8.00. The van der Waals surface area contributed by atoms with Crippen molar-refractivity contribution in [3.05, 3.63) is 105 Å². The van der Waals surface area contributed by atoms with Crippen molar-refractivity contribution in [3.63, 3.8) is 0 Å². The lowest BCUT2D eigenvalue weighted by Crippen LogP contribution is -2.63. The number of nitrogens with zero attached hydrogens (tertiary/aromatic N) is 10. The maximum atomic E-state index is 15.9. The molecular formula is C58H50F8N12O7S3. The summed E-state index contributed by atoms with van der Waals surface area (Å²) < 4.78 is 147. The van der Waals surface area contributed by atoms with E-state index in [0.29, 0.717) is 11.5 Å². The van der Waals surface area contributed by atoms with Gasteiger partial charge in [0.05, 0.1) is 61.2 Å². The minimum atomic E-state index is -5.11. The molecule has 0 bridgehead atoms. The molecule has 4 aromatic carbocycles. The number of fused-ring (bicyclic) bond motifs is 2. The third-order valence-corrected chi connectivity index (χ3v) is 21.0. The Kier molecular flexibility index (Phi) is 13.2. The van der Waals surface area contributed by atoms with Gasteiger partial charge >= 0.3 is 23.7 Å². The van der Waals surface area contributed by atoms with Gasteiger partial charge < -0.3 is 45.3 Å². The van der Waals surface area contributed by atoms with Gasteiger partial charge in [-0.05, 0) is 56.3 Å². The van der Waals surface area contributed by atoms with E-state index in [-0.39, 0.29) is 158 Å². The number of benzene rings is 4. The van der Waals surface area contributed by atoms with Crippen LogP contribution in [0.4, 0.5) is 57.0 Å². The summed E-state index contributed by atoms with van der Waals surface area (Å²) in [5.74, 6) is -2.29. The van der Waals surface area contributed by atoms with Gasteiger partial charge in [-0.15, -0.1) is 0 Å². The Morgan fingerprint density at radius 3 is 1.67 bits per heavy atom. The number of halogens is 8. The maximum absolute atomic E-state index is 15.9. The average molecular weight is 1280 g/mol. The zero-order chi connectivity index (χ0) is 62.0. The number of nitrogens with two attached hydrogens (primary N) is 2. The molecule has 0 radical (unpaired) electrons. The quantitative estimate of drug-likeness (QED) is 0.113. The molecule has 14 rings (SSSR count). The SMILES string of the molecule is C=CC(=O)N1CCN(c2nc(=O)n3c4c(c(-c5ccc(F)c6sc(N)nc56)c(C(F)(F)F)cc24)OCC2(COC2C(=C)C(=O)N2[C@H](C)CN(c4nc(=O)n5c6c(c(-c7ccc(F)c8sc(N)nc78)c(C(F)(F)F)cc46)OCC4(CSC4)C5)C[C@@H]2C)C3)CC1. The van der Waals surface area contributed by atoms with Crippen LogP contribution >= 0.6 is 34.4 Å². The summed E-state index contributed by atoms with van der Waals surface area (Å²) in [5.41, 5.74) is 4.25. The molecule has 458 valence electrons. The molecule has 2 amide bonds. The van der Waals surface area contributed by atoms with Crippen molar-refractivity contribution < 1.29 is 58.9 Å². The van der Waals surface area contributed by atoms with Crippen LogP contribution in [0.5, 0.6) is 11.5 Å². The first-order valence-corrected chi connectivity index (χ1v) is 30.5. The summed E-state index contributed by atoms with van der Waals surface area (Å²) in [5, 5.41) is -0.391. The van der Waals surface area contributed by atoms with Gasteiger partial charge in [-0.1, -0.05) is 35.8 Å². The highest BCUT2D eigenvalue weighted by Gasteiger charge is 2.56. The number of anilines is 4. The molecule has 4 atom stereocenters. The van der Waals surface area contributed by atoms with E-state index in [1.165, 1.54) is 25.0 Å². The number of hydrogen-bond donors (Lipinski definition) is 2. The number of thiazole rings is 2. The summed E-state index contributed by atoms with van der Waals surface area (Å²) in [6.45, 7) is 10.5. The van der Waals surface area contributed by atoms with Crippen molar-refractivity contribution in [2.75, 3.05) is 91.9 Å². The molecule has 2 unspecified atom stereocenters. The van der Waals surface area contributed by atoms with Crippen LogP contribution in [0.25, 0.3) is 64.5 Å². The van der Waals surface area contributed by atoms with E-state index in [2.05, 4.69) is 33.1 Å². The van der Waals surface area contributed by atoms with Crippen molar-refractivity contribution in [1.82, 2.24) is 38.9 Å². The maximum Gasteiger partial charge on any atom is 0.417 e. The number of nitrogen functional groups attached to an aromatic ring is 2. The number of aromatic nitrogens is 6. The summed E-state index contributed by atoms with van der Waals surface area (Å²) in [6.07, 6.45) is -10.2. The molecule has 4 N–H and O–H groups in total. The van der Waals surface area contributed by atoms with Gasteiger partial charge in [0.1, 0.15) is 36.0 Å². The third kappa shape index (κ3) is 8.87. The molecule has 4 fully saturated rings. The normalized spacial score (nSPS) is 21.8. The predicted molar refractivity (Wildman–Crippen MR) is 317 cm³/mol. The van der Waals surface area contributed by atoms with Crippen LogP contribution in [0.15, 0.2) is 70.8 Å². The van der Waals surface area contributed by atoms with E-state index in [9.17, 15) is 14.4 Å². The molecule has 30 heteroatoms. The molecule has 88 heavy (non-hydrogen) atoms. The lowest BCUT2D eigenvalue weighted by molar-refractivity contribution is -0.191. The number of piperazine rings is 2. The van der Waals surface area contributed by atoms with E-state index in [4.69, 9.17) is 25.7 Å². The Morgan fingerprint density at radius 1 is 0.705 bits per heavy atom. The number of hydrogen-bond acceptors (Lipinski definition) is 18. The molecular weight excluding hydrogens is 1220 g/mol. The molecule has 19 nitrogen and oxygen atoms in total. The first kappa shape index (κ1) is 57.6. The van der Waals surface area contributed by atoms with Gasteiger partial charge in [0.25, 0.3) is 5.91 Å². The first-order chi connectivity index (χ1) is 41.8. The monoisotopic (exact) mass is 1270 g/mol. The van der Waals surface area contributed by atoms with Crippen LogP contribution in [0.1, 0.15) is 25.0 Å². The van der Waals surface area contributed by atoms with E-state index >= 15 is 39.9 Å². The van der Waals surface area contributed by atoms with Crippen LogP contribution in [-0.4, -0.2) is 139 Å². The van der Waals surface area contributed by atoms with Crippen molar-refractivity contribution >= 4 is 110 Å². The smallest absolute Gasteiger partial charge is 0.417 e. The number of ether oxygens (including phenoxy) is 3. The second-order valence-electron chi connectivity index (χ2n) is 23.3. The molecule has 2 spiro atoms. The van der Waals surface area contributed by atoms with Gasteiger partial charge in [-0.25, -0.2) is 28.3 Å². The second kappa shape index (κ2) is 20.2. The standard InChI is InChI=1S/C58H50F8N12O7S3/c1-5-36(79)73-10-12-74(13-11-73)48-30-14-32(57(61,62)63)38(29-7-9-35(60)46-40(29)70-52(68)88-46)44-42(30)77(54(82)71-48)19-56(21-84-44)22-85-47(56)27(4)50(80)78-25(2)16-75(17-26(78)3)49-31-15-33(58(64,65)66)37(28-6-8-34(59)45-39(28)69-51(67)87-45)43-41(31)76(53(81)72-49)18-55(20-83-43)23-86-24-55/h5-9,14-15,25-26,47H,1,4,10-13,16-24H2,2-3H3,(H2,67,69)(H2,68,70)/t25-,26+,47?,56?. The molecule has 8 aromatic rings. The van der Waals surface area contributed by atoms with Crippen LogP contribution in [0, 0.1) is 22.5 Å². The van der Waals surface area contributed by atoms with E-state index in [0.717, 1.165) is 59.1 Å². The van der Waals surface area contributed by atoms with Crippen LogP contribution < -0.4 is 42.1 Å². The Bertz CT molecular complexity index is 4510. The number of amides is 2. The van der Waals surface area contributed by atoms with Crippen LogP contribution in [0.2, 0.25) is 0 Å². The molecule has 6 aliphatic rings. The summed E-state index contributed by atoms with van der Waals surface area (Å²) in [7, 11) is 0. The minimum Gasteiger partial charge on any atom is -0.490 e. The number of carbonyl (C=O) groups excluding carboxylic acids is 2.